The first-order chi connectivity index (χ1) is 15.0. The molecule has 0 saturated heterocycles. The lowest BCUT2D eigenvalue weighted by atomic mass is 10.1. The lowest BCUT2D eigenvalue weighted by Gasteiger charge is -2.15. The van der Waals surface area contributed by atoms with Gasteiger partial charge in [0.1, 0.15) is 11.1 Å². The average molecular weight is 452 g/mol. The molecule has 0 aliphatic heterocycles. The van der Waals surface area contributed by atoms with Gasteiger partial charge < -0.3 is 23.7 Å². The zero-order valence-electron chi connectivity index (χ0n) is 18.0. The Morgan fingerprint density at radius 1 is 1.22 bits per heavy atom. The van der Waals surface area contributed by atoms with Gasteiger partial charge in [-0.1, -0.05) is 13.0 Å². The summed E-state index contributed by atoms with van der Waals surface area (Å²) >= 11 is 0. The van der Waals surface area contributed by atoms with Crippen LogP contribution in [-0.2, 0) is 20.0 Å². The van der Waals surface area contributed by atoms with Crippen LogP contribution in [0.15, 0.2) is 29.1 Å². The highest BCUT2D eigenvalue weighted by Crippen LogP contribution is 2.33. The minimum absolute atomic E-state index is 0.136. The second-order valence-corrected chi connectivity index (χ2v) is 7.38. The number of halogens is 3. The van der Waals surface area contributed by atoms with Crippen LogP contribution in [0, 0.1) is 6.92 Å². The molecule has 0 fully saturated rings. The van der Waals surface area contributed by atoms with Crippen molar-refractivity contribution in [1.29, 1.82) is 0 Å². The number of hydrogen-bond acceptors (Lipinski definition) is 4. The van der Waals surface area contributed by atoms with Gasteiger partial charge in [0, 0.05) is 12.7 Å². The minimum atomic E-state index is -4.70. The Morgan fingerprint density at radius 2 is 1.91 bits per heavy atom. The van der Waals surface area contributed by atoms with E-state index in [2.05, 4.69) is 0 Å². The van der Waals surface area contributed by atoms with Gasteiger partial charge in [0.2, 0.25) is 0 Å². The van der Waals surface area contributed by atoms with E-state index in [4.69, 9.17) is 9.47 Å². The number of carbonyl (C=O) groups is 1. The molecule has 0 spiro atoms. The molecule has 0 bridgehead atoms. The maximum absolute atomic E-state index is 13.5. The largest absolute Gasteiger partial charge is 0.497 e. The maximum atomic E-state index is 13.5. The van der Waals surface area contributed by atoms with Crippen molar-refractivity contribution in [2.45, 2.75) is 33.0 Å². The number of aromatic nitrogens is 2. The van der Waals surface area contributed by atoms with Crippen LogP contribution in [0.5, 0.6) is 11.5 Å². The van der Waals surface area contributed by atoms with Crippen LogP contribution in [0.1, 0.15) is 34.2 Å². The Bertz CT molecular complexity index is 1240. The van der Waals surface area contributed by atoms with Crippen LogP contribution >= 0.6 is 0 Å². The van der Waals surface area contributed by atoms with Crippen molar-refractivity contribution in [2.75, 3.05) is 13.7 Å². The summed E-state index contributed by atoms with van der Waals surface area (Å²) in [5, 5.41) is 9.39. The standard InChI is InChI=1S/C22H23F3N2O5/c1-5-14-9-16-17(19(32-11-22(23,24)25)18(21(29)30)26(16)3)20(28)27(14)10-13-8-15(31-4)7-6-12(13)2/h6-9H,5,10-11H2,1-4H3,(H,29,30). The number of rotatable bonds is 7. The van der Waals surface area contributed by atoms with Gasteiger partial charge in [0.05, 0.1) is 19.2 Å². The van der Waals surface area contributed by atoms with Gasteiger partial charge in [0.25, 0.3) is 5.56 Å². The molecule has 3 rings (SSSR count). The van der Waals surface area contributed by atoms with Crippen LogP contribution in [0.25, 0.3) is 10.9 Å². The molecule has 1 aromatic carbocycles. The van der Waals surface area contributed by atoms with Crippen molar-refractivity contribution in [1.82, 2.24) is 9.13 Å². The monoisotopic (exact) mass is 452 g/mol. The molecule has 0 saturated carbocycles. The third-order valence-electron chi connectivity index (χ3n) is 5.33. The molecule has 10 heteroatoms. The fourth-order valence-corrected chi connectivity index (χ4v) is 3.67. The quantitative estimate of drug-likeness (QED) is 0.588. The molecule has 0 aliphatic carbocycles. The fourth-order valence-electron chi connectivity index (χ4n) is 3.67. The first kappa shape index (κ1) is 23.2. The topological polar surface area (TPSA) is 82.7 Å². The summed E-state index contributed by atoms with van der Waals surface area (Å²) in [6.45, 7) is 2.12. The molecule has 172 valence electrons. The highest BCUT2D eigenvalue weighted by Gasteiger charge is 2.32. The van der Waals surface area contributed by atoms with E-state index in [0.29, 0.717) is 17.9 Å². The van der Waals surface area contributed by atoms with E-state index in [1.54, 1.807) is 18.2 Å². The Labute approximate surface area is 181 Å². The highest BCUT2D eigenvalue weighted by molar-refractivity contribution is 6.00. The average Bonchev–Trinajstić information content (AvgIpc) is 3.01. The molecule has 0 aliphatic rings. The molecule has 0 amide bonds. The van der Waals surface area contributed by atoms with Crippen LogP contribution in [0.4, 0.5) is 13.2 Å². The zero-order chi connectivity index (χ0) is 23.8. The number of fused-ring (bicyclic) bond motifs is 1. The van der Waals surface area contributed by atoms with Crippen molar-refractivity contribution in [3.8, 4) is 11.5 Å². The predicted molar refractivity (Wildman–Crippen MR) is 112 cm³/mol. The van der Waals surface area contributed by atoms with Crippen molar-refractivity contribution in [3.05, 3.63) is 57.1 Å². The summed E-state index contributed by atoms with van der Waals surface area (Å²) in [6, 6.07) is 7.01. The Hall–Kier alpha value is -3.43. The number of hydrogen-bond donors (Lipinski definition) is 1. The molecule has 3 aromatic rings. The fraction of sp³-hybridized carbons (Fsp3) is 0.364. The number of carboxylic acid groups (broad SMARTS) is 1. The Morgan fingerprint density at radius 3 is 2.47 bits per heavy atom. The van der Waals surface area contributed by atoms with E-state index in [1.165, 1.54) is 23.3 Å². The molecule has 32 heavy (non-hydrogen) atoms. The van der Waals surface area contributed by atoms with Gasteiger partial charge in [-0.2, -0.15) is 13.2 Å². The van der Waals surface area contributed by atoms with Crippen LogP contribution < -0.4 is 15.0 Å². The molecule has 2 heterocycles. The summed E-state index contributed by atoms with van der Waals surface area (Å²) < 4.78 is 51.1. The smallest absolute Gasteiger partial charge is 0.422 e. The van der Waals surface area contributed by atoms with Crippen molar-refractivity contribution >= 4 is 16.9 Å². The van der Waals surface area contributed by atoms with Crippen molar-refractivity contribution in [2.24, 2.45) is 7.05 Å². The summed E-state index contributed by atoms with van der Waals surface area (Å²) in [6.07, 6.45) is -4.25. The number of ether oxygens (including phenoxy) is 2. The Kier molecular flexibility index (Phi) is 6.25. The minimum Gasteiger partial charge on any atom is -0.497 e. The second-order valence-electron chi connectivity index (χ2n) is 7.38. The summed E-state index contributed by atoms with van der Waals surface area (Å²) in [5.74, 6) is -1.48. The third-order valence-corrected chi connectivity index (χ3v) is 5.33. The number of pyridine rings is 1. The van der Waals surface area contributed by atoms with Gasteiger partial charge >= 0.3 is 12.1 Å². The molecule has 0 unspecified atom stereocenters. The molecule has 7 nitrogen and oxygen atoms in total. The Balaban J connectivity index is 2.28. The number of carboxylic acids is 1. The van der Waals surface area contributed by atoms with Crippen LogP contribution in [-0.4, -0.2) is 40.1 Å². The van der Waals surface area contributed by atoms with Crippen molar-refractivity contribution < 1.29 is 32.5 Å². The van der Waals surface area contributed by atoms with Crippen molar-refractivity contribution in [3.63, 3.8) is 0 Å². The number of aromatic carboxylic acids is 1. The van der Waals surface area contributed by atoms with E-state index in [1.807, 2.05) is 19.9 Å². The molecule has 0 atom stereocenters. The normalized spacial score (nSPS) is 11.7. The predicted octanol–water partition coefficient (Wildman–Crippen LogP) is 3.91. The zero-order valence-corrected chi connectivity index (χ0v) is 18.0. The molecular formula is C22H23F3N2O5. The van der Waals surface area contributed by atoms with Gasteiger partial charge in [-0.05, 0) is 42.7 Å². The molecule has 2 aromatic heterocycles. The lowest BCUT2D eigenvalue weighted by Crippen LogP contribution is -2.25. The molecule has 1 N–H and O–H groups in total. The van der Waals surface area contributed by atoms with E-state index >= 15 is 0 Å². The number of methoxy groups -OCH3 is 1. The maximum Gasteiger partial charge on any atom is 0.422 e. The summed E-state index contributed by atoms with van der Waals surface area (Å²) in [7, 11) is 2.90. The van der Waals surface area contributed by atoms with Gasteiger partial charge in [0.15, 0.2) is 18.1 Å². The first-order valence-electron chi connectivity index (χ1n) is 9.79. The van der Waals surface area contributed by atoms with Gasteiger partial charge in [-0.25, -0.2) is 4.79 Å². The second kappa shape index (κ2) is 8.60. The van der Waals surface area contributed by atoms with E-state index in [-0.39, 0.29) is 17.4 Å². The van der Waals surface area contributed by atoms with Crippen LogP contribution in [0.3, 0.4) is 0 Å². The summed E-state index contributed by atoms with van der Waals surface area (Å²) in [4.78, 5) is 25.3. The molecule has 0 radical (unpaired) electrons. The van der Waals surface area contributed by atoms with E-state index in [0.717, 1.165) is 11.1 Å². The first-order valence-corrected chi connectivity index (χ1v) is 9.79. The van der Waals surface area contributed by atoms with E-state index < -0.39 is 35.8 Å². The van der Waals surface area contributed by atoms with E-state index in [9.17, 15) is 27.9 Å². The highest BCUT2D eigenvalue weighted by atomic mass is 19.4. The molecular weight excluding hydrogens is 429 g/mol. The van der Waals surface area contributed by atoms with Crippen LogP contribution in [0.2, 0.25) is 0 Å². The lowest BCUT2D eigenvalue weighted by molar-refractivity contribution is -0.153. The number of alkyl halides is 3. The summed E-state index contributed by atoms with van der Waals surface area (Å²) in [5.41, 5.74) is 1.34. The number of aryl methyl sites for hydroxylation is 3. The SMILES string of the molecule is CCc1cc2c(c(OCC(F)(F)F)c(C(=O)O)n2C)c(=O)n1Cc1cc(OC)ccc1C. The van der Waals surface area contributed by atoms with Gasteiger partial charge in [-0.15, -0.1) is 0 Å². The van der Waals surface area contributed by atoms with Gasteiger partial charge in [-0.3, -0.25) is 4.79 Å². The number of benzene rings is 1. The third kappa shape index (κ3) is 4.30. The number of nitrogens with zero attached hydrogens (tertiary/aromatic N) is 2.